The van der Waals surface area contributed by atoms with Crippen LogP contribution in [-0.2, 0) is 0 Å². The van der Waals surface area contributed by atoms with Gasteiger partial charge in [0.15, 0.2) is 0 Å². The highest BCUT2D eigenvalue weighted by Gasteiger charge is 2.32. The number of hydrogen-bond acceptors (Lipinski definition) is 4. The van der Waals surface area contributed by atoms with Crippen LogP contribution in [0.5, 0.6) is 0 Å². The molecule has 1 aromatic heterocycles. The predicted molar refractivity (Wildman–Crippen MR) is 106 cm³/mol. The highest BCUT2D eigenvalue weighted by molar-refractivity contribution is 6.37. The van der Waals surface area contributed by atoms with E-state index in [1.54, 1.807) is 22.9 Å². The third kappa shape index (κ3) is 4.31. The van der Waals surface area contributed by atoms with Gasteiger partial charge in [-0.15, -0.1) is 17.5 Å². The van der Waals surface area contributed by atoms with Gasteiger partial charge >= 0.3 is 0 Å². The zero-order valence-corrected chi connectivity index (χ0v) is 16.9. The van der Waals surface area contributed by atoms with Crippen molar-refractivity contribution in [3.63, 3.8) is 0 Å². The Bertz CT molecular complexity index is 768. The molecule has 3 rings (SSSR count). The van der Waals surface area contributed by atoms with Gasteiger partial charge in [-0.25, -0.2) is 9.67 Å². The summed E-state index contributed by atoms with van der Waals surface area (Å²) in [5.41, 5.74) is 6.29. The van der Waals surface area contributed by atoms with E-state index in [9.17, 15) is 4.79 Å². The first-order chi connectivity index (χ1) is 11.9. The van der Waals surface area contributed by atoms with Crippen LogP contribution in [0.15, 0.2) is 18.2 Å². The standard InChI is InChI=1S/C17H21Cl2N5O.ClH/c1-9(2)16-22-15(17(25)21-13(8-20)10-6-7-10)23-24(16)14-11(18)4-3-5-12(14)19;/h3-5,9-10,13H,6-8,20H2,1-2H3,(H,21,25);1H. The molecule has 1 saturated carbocycles. The van der Waals surface area contributed by atoms with Crippen LogP contribution in [0, 0.1) is 5.92 Å². The van der Waals surface area contributed by atoms with E-state index in [0.717, 1.165) is 12.8 Å². The lowest BCUT2D eigenvalue weighted by Gasteiger charge is -2.14. The second kappa shape index (κ2) is 8.57. The Morgan fingerprint density at radius 3 is 2.46 bits per heavy atom. The monoisotopic (exact) mass is 417 g/mol. The molecule has 1 aromatic carbocycles. The summed E-state index contributed by atoms with van der Waals surface area (Å²) in [4.78, 5) is 17.0. The van der Waals surface area contributed by atoms with E-state index < -0.39 is 0 Å². The smallest absolute Gasteiger partial charge is 0.291 e. The number of para-hydroxylation sites is 1. The number of amides is 1. The summed E-state index contributed by atoms with van der Waals surface area (Å²) >= 11 is 12.6. The molecule has 142 valence electrons. The zero-order chi connectivity index (χ0) is 18.1. The van der Waals surface area contributed by atoms with Crippen LogP contribution in [0.3, 0.4) is 0 Å². The van der Waals surface area contributed by atoms with Crippen molar-refractivity contribution >= 4 is 41.5 Å². The van der Waals surface area contributed by atoms with E-state index in [4.69, 9.17) is 28.9 Å². The molecule has 1 aliphatic carbocycles. The summed E-state index contributed by atoms with van der Waals surface area (Å²) in [5.74, 6) is 0.884. The second-order valence-corrected chi connectivity index (χ2v) is 7.40. The molecule has 0 spiro atoms. The van der Waals surface area contributed by atoms with Crippen molar-refractivity contribution in [2.45, 2.75) is 38.6 Å². The van der Waals surface area contributed by atoms with Gasteiger partial charge in [-0.1, -0.05) is 43.1 Å². The van der Waals surface area contributed by atoms with E-state index in [-0.39, 0.29) is 36.1 Å². The van der Waals surface area contributed by atoms with Gasteiger partial charge in [-0.05, 0) is 30.9 Å². The minimum atomic E-state index is -0.328. The summed E-state index contributed by atoms with van der Waals surface area (Å²) in [7, 11) is 0. The van der Waals surface area contributed by atoms with Crippen molar-refractivity contribution < 1.29 is 4.79 Å². The maximum Gasteiger partial charge on any atom is 0.291 e. The van der Waals surface area contributed by atoms with Crippen molar-refractivity contribution in [2.24, 2.45) is 11.7 Å². The van der Waals surface area contributed by atoms with Gasteiger partial charge in [-0.3, -0.25) is 4.79 Å². The van der Waals surface area contributed by atoms with Crippen LogP contribution in [0.4, 0.5) is 0 Å². The van der Waals surface area contributed by atoms with Crippen molar-refractivity contribution in [3.05, 3.63) is 39.9 Å². The van der Waals surface area contributed by atoms with Gasteiger partial charge in [0.1, 0.15) is 11.5 Å². The van der Waals surface area contributed by atoms with Crippen LogP contribution in [0.1, 0.15) is 49.1 Å². The molecule has 0 radical (unpaired) electrons. The van der Waals surface area contributed by atoms with Gasteiger partial charge in [0.05, 0.1) is 10.0 Å². The van der Waals surface area contributed by atoms with Gasteiger partial charge < -0.3 is 11.1 Å². The lowest BCUT2D eigenvalue weighted by Crippen LogP contribution is -2.42. The number of hydrogen-bond donors (Lipinski definition) is 2. The third-order valence-electron chi connectivity index (χ3n) is 4.26. The van der Waals surface area contributed by atoms with Crippen LogP contribution < -0.4 is 11.1 Å². The van der Waals surface area contributed by atoms with Crippen molar-refractivity contribution in [1.29, 1.82) is 0 Å². The Labute approximate surface area is 168 Å². The SMILES string of the molecule is CC(C)c1nc(C(=O)NC(CN)C2CC2)nn1-c1c(Cl)cccc1Cl.Cl. The lowest BCUT2D eigenvalue weighted by atomic mass is 10.2. The normalized spacial score (nSPS) is 14.8. The number of nitrogens with one attached hydrogen (secondary N) is 1. The number of benzene rings is 1. The van der Waals surface area contributed by atoms with E-state index >= 15 is 0 Å². The number of nitrogens with two attached hydrogens (primary N) is 1. The van der Waals surface area contributed by atoms with Gasteiger partial charge in [0, 0.05) is 18.5 Å². The Hall–Kier alpha value is -1.34. The molecule has 0 aliphatic heterocycles. The summed E-state index contributed by atoms with van der Waals surface area (Å²) in [6.07, 6.45) is 2.19. The molecular formula is C17H22Cl3N5O. The molecule has 3 N–H and O–H groups in total. The summed E-state index contributed by atoms with van der Waals surface area (Å²) in [6, 6.07) is 5.18. The largest absolute Gasteiger partial charge is 0.345 e. The number of carbonyl (C=O) groups excluding carboxylic acids is 1. The molecule has 0 saturated heterocycles. The molecule has 0 bridgehead atoms. The predicted octanol–water partition coefficient (Wildman–Crippen LogP) is 3.59. The van der Waals surface area contributed by atoms with Crippen LogP contribution in [0.2, 0.25) is 10.0 Å². The molecule has 2 aromatic rings. The molecule has 9 heteroatoms. The first-order valence-electron chi connectivity index (χ1n) is 8.34. The number of carbonyl (C=O) groups is 1. The van der Waals surface area contributed by atoms with E-state index in [0.29, 0.717) is 34.0 Å². The molecule has 1 aliphatic rings. The van der Waals surface area contributed by atoms with Gasteiger partial charge in [0.25, 0.3) is 5.91 Å². The third-order valence-corrected chi connectivity index (χ3v) is 4.87. The fourth-order valence-corrected chi connectivity index (χ4v) is 3.31. The lowest BCUT2D eigenvalue weighted by molar-refractivity contribution is 0.0923. The minimum Gasteiger partial charge on any atom is -0.345 e. The maximum absolute atomic E-state index is 12.6. The molecule has 6 nitrogen and oxygen atoms in total. The summed E-state index contributed by atoms with van der Waals surface area (Å²) in [5, 5.41) is 8.21. The van der Waals surface area contributed by atoms with Gasteiger partial charge in [0.2, 0.25) is 5.82 Å². The fourth-order valence-electron chi connectivity index (χ4n) is 2.75. The molecule has 26 heavy (non-hydrogen) atoms. The molecule has 1 amide bonds. The zero-order valence-electron chi connectivity index (χ0n) is 14.6. The minimum absolute atomic E-state index is 0. The van der Waals surface area contributed by atoms with E-state index in [2.05, 4.69) is 15.4 Å². The first kappa shape index (κ1) is 21.0. The average Bonchev–Trinajstić information content (AvgIpc) is 3.31. The Morgan fingerprint density at radius 2 is 1.96 bits per heavy atom. The quantitative estimate of drug-likeness (QED) is 0.750. The van der Waals surface area contributed by atoms with E-state index in [1.165, 1.54) is 0 Å². The Kier molecular flexibility index (Phi) is 6.91. The molecule has 1 fully saturated rings. The highest BCUT2D eigenvalue weighted by atomic mass is 35.5. The second-order valence-electron chi connectivity index (χ2n) is 6.58. The van der Waals surface area contributed by atoms with Crippen molar-refractivity contribution in [1.82, 2.24) is 20.1 Å². The maximum atomic E-state index is 12.6. The van der Waals surface area contributed by atoms with Crippen LogP contribution in [0.25, 0.3) is 5.69 Å². The Morgan fingerprint density at radius 1 is 1.35 bits per heavy atom. The van der Waals surface area contributed by atoms with Crippen molar-refractivity contribution in [3.8, 4) is 5.69 Å². The van der Waals surface area contributed by atoms with Gasteiger partial charge in [-0.2, -0.15) is 0 Å². The number of nitrogens with zero attached hydrogens (tertiary/aromatic N) is 3. The highest BCUT2D eigenvalue weighted by Crippen LogP contribution is 2.33. The fraction of sp³-hybridized carbons (Fsp3) is 0.471. The van der Waals surface area contributed by atoms with Crippen LogP contribution in [-0.4, -0.2) is 33.3 Å². The number of rotatable bonds is 6. The molecule has 1 unspecified atom stereocenters. The van der Waals surface area contributed by atoms with E-state index in [1.807, 2.05) is 13.8 Å². The van der Waals surface area contributed by atoms with Crippen molar-refractivity contribution in [2.75, 3.05) is 6.54 Å². The summed E-state index contributed by atoms with van der Waals surface area (Å²) in [6.45, 7) is 4.35. The number of halogens is 3. The molecular weight excluding hydrogens is 397 g/mol. The molecule has 1 heterocycles. The van der Waals surface area contributed by atoms with Crippen LogP contribution >= 0.6 is 35.6 Å². The number of aromatic nitrogens is 3. The first-order valence-corrected chi connectivity index (χ1v) is 9.10. The summed E-state index contributed by atoms with van der Waals surface area (Å²) < 4.78 is 1.55. The Balaban J connectivity index is 0.00000243. The topological polar surface area (TPSA) is 85.8 Å². The average molecular weight is 419 g/mol. The molecule has 1 atom stereocenters.